The first kappa shape index (κ1) is 15.3. The number of likely N-dealkylation sites (tertiary alicyclic amines) is 1. The van der Waals surface area contributed by atoms with E-state index in [9.17, 15) is 4.79 Å². The summed E-state index contributed by atoms with van der Waals surface area (Å²) < 4.78 is 0. The highest BCUT2D eigenvalue weighted by Crippen LogP contribution is 2.31. The molecule has 0 aromatic heterocycles. The zero-order valence-electron chi connectivity index (χ0n) is 13.7. The van der Waals surface area contributed by atoms with E-state index >= 15 is 0 Å². The van der Waals surface area contributed by atoms with Gasteiger partial charge in [-0.1, -0.05) is 20.3 Å². The molecule has 0 aromatic rings. The lowest BCUT2D eigenvalue weighted by Crippen LogP contribution is -2.56. The molecule has 3 heterocycles. The van der Waals surface area contributed by atoms with Crippen LogP contribution < -0.4 is 5.32 Å². The molecule has 0 radical (unpaired) electrons. The average molecular weight is 293 g/mol. The number of nitrogens with zero attached hydrogens (tertiary/aromatic N) is 2. The summed E-state index contributed by atoms with van der Waals surface area (Å²) in [4.78, 5) is 18.1. The molecule has 3 atom stereocenters. The molecule has 120 valence electrons. The quantitative estimate of drug-likeness (QED) is 0.862. The third-order valence-corrected chi connectivity index (χ3v) is 5.58. The molecular formula is C17H31N3O. The van der Waals surface area contributed by atoms with Crippen LogP contribution in [0.3, 0.4) is 0 Å². The van der Waals surface area contributed by atoms with Gasteiger partial charge in [-0.05, 0) is 57.7 Å². The van der Waals surface area contributed by atoms with Gasteiger partial charge in [0.05, 0.1) is 6.04 Å². The summed E-state index contributed by atoms with van der Waals surface area (Å²) >= 11 is 0. The van der Waals surface area contributed by atoms with E-state index in [1.165, 1.54) is 32.1 Å². The number of nitrogens with one attached hydrogen (secondary N) is 1. The van der Waals surface area contributed by atoms with Crippen LogP contribution in [0.1, 0.15) is 52.4 Å². The fourth-order valence-electron chi connectivity index (χ4n) is 4.55. The van der Waals surface area contributed by atoms with Gasteiger partial charge in [0.15, 0.2) is 0 Å². The van der Waals surface area contributed by atoms with Crippen molar-refractivity contribution in [1.29, 1.82) is 0 Å². The van der Waals surface area contributed by atoms with Crippen LogP contribution in [-0.4, -0.2) is 60.0 Å². The van der Waals surface area contributed by atoms with Gasteiger partial charge in [0, 0.05) is 18.6 Å². The largest absolute Gasteiger partial charge is 0.334 e. The Balaban J connectivity index is 1.76. The Morgan fingerprint density at radius 2 is 1.76 bits per heavy atom. The van der Waals surface area contributed by atoms with Crippen LogP contribution in [0.15, 0.2) is 0 Å². The Hall–Kier alpha value is -0.610. The number of carbonyl (C=O) groups excluding carboxylic acids is 1. The van der Waals surface area contributed by atoms with E-state index in [4.69, 9.17) is 0 Å². The second kappa shape index (κ2) is 6.66. The van der Waals surface area contributed by atoms with Crippen LogP contribution in [0, 0.1) is 5.92 Å². The van der Waals surface area contributed by atoms with Gasteiger partial charge < -0.3 is 10.2 Å². The predicted octanol–water partition coefficient (Wildman–Crippen LogP) is 1.85. The summed E-state index contributed by atoms with van der Waals surface area (Å²) in [6, 6.07) is 1.03. The molecule has 21 heavy (non-hydrogen) atoms. The lowest BCUT2D eigenvalue weighted by Gasteiger charge is -2.40. The van der Waals surface area contributed by atoms with Gasteiger partial charge in [0.25, 0.3) is 0 Å². The van der Waals surface area contributed by atoms with Gasteiger partial charge >= 0.3 is 0 Å². The maximum absolute atomic E-state index is 13.3. The van der Waals surface area contributed by atoms with Gasteiger partial charge in [-0.3, -0.25) is 9.69 Å². The van der Waals surface area contributed by atoms with Crippen molar-refractivity contribution < 1.29 is 4.79 Å². The zero-order chi connectivity index (χ0) is 14.8. The van der Waals surface area contributed by atoms with E-state index < -0.39 is 0 Å². The normalized spacial score (nSPS) is 32.2. The molecule has 3 aliphatic heterocycles. The topological polar surface area (TPSA) is 35.6 Å². The summed E-state index contributed by atoms with van der Waals surface area (Å²) in [5.74, 6) is 0.828. The Bertz CT molecular complexity index is 351. The van der Waals surface area contributed by atoms with Crippen molar-refractivity contribution in [2.45, 2.75) is 70.5 Å². The molecule has 3 rings (SSSR count). The molecule has 1 amide bonds. The molecule has 3 aliphatic rings. The number of rotatable bonds is 3. The van der Waals surface area contributed by atoms with Crippen molar-refractivity contribution in [2.75, 3.05) is 26.2 Å². The van der Waals surface area contributed by atoms with Crippen LogP contribution in [0.25, 0.3) is 0 Å². The Morgan fingerprint density at radius 3 is 2.48 bits per heavy atom. The summed E-state index contributed by atoms with van der Waals surface area (Å²) in [7, 11) is 0. The number of amides is 1. The molecule has 3 unspecified atom stereocenters. The van der Waals surface area contributed by atoms with Crippen molar-refractivity contribution in [3.63, 3.8) is 0 Å². The van der Waals surface area contributed by atoms with Gasteiger partial charge in [-0.25, -0.2) is 0 Å². The predicted molar refractivity (Wildman–Crippen MR) is 85.2 cm³/mol. The maximum atomic E-state index is 13.3. The Labute approximate surface area is 129 Å². The molecule has 0 spiro atoms. The third kappa shape index (κ3) is 3.11. The first-order valence-electron chi connectivity index (χ1n) is 8.95. The number of hydrogen-bond acceptors (Lipinski definition) is 3. The minimum absolute atomic E-state index is 0.103. The van der Waals surface area contributed by atoms with E-state index in [1.54, 1.807) is 0 Å². The van der Waals surface area contributed by atoms with Crippen LogP contribution >= 0.6 is 0 Å². The molecule has 3 saturated heterocycles. The molecule has 4 heteroatoms. The summed E-state index contributed by atoms with van der Waals surface area (Å²) in [6.45, 7) is 8.71. The van der Waals surface area contributed by atoms with Gasteiger partial charge in [-0.15, -0.1) is 0 Å². The van der Waals surface area contributed by atoms with Crippen molar-refractivity contribution in [3.8, 4) is 0 Å². The molecule has 0 saturated carbocycles. The third-order valence-electron chi connectivity index (χ3n) is 5.58. The molecular weight excluding hydrogens is 262 g/mol. The Morgan fingerprint density at radius 1 is 1.05 bits per heavy atom. The van der Waals surface area contributed by atoms with E-state index in [2.05, 4.69) is 29.0 Å². The molecule has 4 nitrogen and oxygen atoms in total. The summed E-state index contributed by atoms with van der Waals surface area (Å²) in [6.07, 6.45) is 7.37. The van der Waals surface area contributed by atoms with Crippen LogP contribution in [0.5, 0.6) is 0 Å². The van der Waals surface area contributed by atoms with Gasteiger partial charge in [0.1, 0.15) is 0 Å². The van der Waals surface area contributed by atoms with E-state index in [0.29, 0.717) is 23.9 Å². The standard InChI is InChI=1S/C17H31N3O/c1-13(2)16(19-10-4-3-5-11-19)17(21)20-14-6-7-15(20)12-18-9-8-14/h13-16,18H,3-12H2,1-2H3. The molecule has 0 aromatic carbocycles. The van der Waals surface area contributed by atoms with Crippen LogP contribution in [0.2, 0.25) is 0 Å². The fourth-order valence-corrected chi connectivity index (χ4v) is 4.55. The maximum Gasteiger partial charge on any atom is 0.240 e. The molecule has 1 N–H and O–H groups in total. The zero-order valence-corrected chi connectivity index (χ0v) is 13.7. The van der Waals surface area contributed by atoms with E-state index in [1.807, 2.05) is 0 Å². The number of carbonyl (C=O) groups is 1. The summed E-state index contributed by atoms with van der Waals surface area (Å²) in [5.41, 5.74) is 0. The van der Waals surface area contributed by atoms with Gasteiger partial charge in [-0.2, -0.15) is 0 Å². The first-order valence-corrected chi connectivity index (χ1v) is 8.95. The highest BCUT2D eigenvalue weighted by molar-refractivity contribution is 5.83. The molecule has 3 fully saturated rings. The fraction of sp³-hybridized carbons (Fsp3) is 0.941. The average Bonchev–Trinajstić information content (AvgIpc) is 2.73. The first-order chi connectivity index (χ1) is 10.2. The van der Waals surface area contributed by atoms with Gasteiger partial charge in [0.2, 0.25) is 5.91 Å². The monoisotopic (exact) mass is 293 g/mol. The van der Waals surface area contributed by atoms with Crippen LogP contribution in [-0.2, 0) is 4.79 Å². The highest BCUT2D eigenvalue weighted by Gasteiger charge is 2.42. The van der Waals surface area contributed by atoms with Crippen molar-refractivity contribution in [1.82, 2.24) is 15.1 Å². The lowest BCUT2D eigenvalue weighted by atomic mass is 9.97. The molecule has 0 aliphatic carbocycles. The second-order valence-electron chi connectivity index (χ2n) is 7.41. The second-order valence-corrected chi connectivity index (χ2v) is 7.41. The number of fused-ring (bicyclic) bond motifs is 2. The minimum Gasteiger partial charge on any atom is -0.334 e. The minimum atomic E-state index is 0.103. The highest BCUT2D eigenvalue weighted by atomic mass is 16.2. The summed E-state index contributed by atoms with van der Waals surface area (Å²) in [5, 5.41) is 3.50. The molecule has 2 bridgehead atoms. The smallest absolute Gasteiger partial charge is 0.240 e. The number of hydrogen-bond donors (Lipinski definition) is 1. The van der Waals surface area contributed by atoms with Crippen LogP contribution in [0.4, 0.5) is 0 Å². The SMILES string of the molecule is CC(C)C(C(=O)N1C2CCNCC1CC2)N1CCCCC1. The van der Waals surface area contributed by atoms with Crippen molar-refractivity contribution >= 4 is 5.91 Å². The van der Waals surface area contributed by atoms with Crippen molar-refractivity contribution in [2.24, 2.45) is 5.92 Å². The van der Waals surface area contributed by atoms with E-state index in [0.717, 1.165) is 32.6 Å². The lowest BCUT2D eigenvalue weighted by molar-refractivity contribution is -0.142. The van der Waals surface area contributed by atoms with E-state index in [-0.39, 0.29) is 6.04 Å². The number of piperidine rings is 1. The Kier molecular flexibility index (Phi) is 4.85. The van der Waals surface area contributed by atoms with Crippen molar-refractivity contribution in [3.05, 3.63) is 0 Å².